The molecule has 24 heteroatoms. The minimum Gasteiger partial charge on any atom is -0.508 e. The molecule has 2 aromatic rings. The number of primary amides is 2. The number of hydrogen-bond acceptors (Lipinski definition) is 14. The summed E-state index contributed by atoms with van der Waals surface area (Å²) in [6.07, 6.45) is -3.09. The normalized spacial score (nSPS) is 16.9. The number of carbonyl (C=O) groups is 10. The van der Waals surface area contributed by atoms with Crippen molar-refractivity contribution in [3.8, 4) is 5.75 Å². The Morgan fingerprint density at radius 1 is 0.676 bits per heavy atom. The molecular formula is C44H62N10O14. The summed E-state index contributed by atoms with van der Waals surface area (Å²) in [5, 5.41) is 53.2. The molecule has 9 atom stereocenters. The van der Waals surface area contributed by atoms with E-state index in [0.29, 0.717) is 11.1 Å². The molecule has 1 aliphatic heterocycles. The van der Waals surface area contributed by atoms with Gasteiger partial charge in [-0.25, -0.2) is 4.79 Å². The average Bonchev–Trinajstić information content (AvgIpc) is 3.78. The summed E-state index contributed by atoms with van der Waals surface area (Å²) in [7, 11) is 0. The summed E-state index contributed by atoms with van der Waals surface area (Å²) in [5.74, 6) is -10.7. The molecule has 0 unspecified atom stereocenters. The van der Waals surface area contributed by atoms with Crippen LogP contribution >= 0.6 is 0 Å². The second-order valence-corrected chi connectivity index (χ2v) is 16.8. The van der Waals surface area contributed by atoms with Gasteiger partial charge in [0.25, 0.3) is 0 Å². The Kier molecular flexibility index (Phi) is 21.3. The molecule has 1 saturated heterocycles. The first-order valence-electron chi connectivity index (χ1n) is 21.8. The summed E-state index contributed by atoms with van der Waals surface area (Å²) in [6, 6.07) is 2.08. The van der Waals surface area contributed by atoms with Crippen LogP contribution in [0.15, 0.2) is 54.6 Å². The number of nitrogens with two attached hydrogens (primary N) is 3. The first-order chi connectivity index (χ1) is 32.0. The van der Waals surface area contributed by atoms with Crippen LogP contribution in [-0.4, -0.2) is 152 Å². The fraction of sp³-hybridized carbons (Fsp3) is 0.500. The third kappa shape index (κ3) is 16.9. The number of phenols is 1. The molecule has 3 rings (SSSR count). The molecule has 0 aliphatic carbocycles. The molecule has 24 nitrogen and oxygen atoms in total. The van der Waals surface area contributed by atoms with Crippen LogP contribution in [0.5, 0.6) is 5.75 Å². The van der Waals surface area contributed by atoms with Gasteiger partial charge in [0.05, 0.1) is 19.1 Å². The lowest BCUT2D eigenvalue weighted by atomic mass is 10.0. The number of aliphatic hydroxyl groups is 2. The summed E-state index contributed by atoms with van der Waals surface area (Å²) in [5.41, 5.74) is 17.5. The summed E-state index contributed by atoms with van der Waals surface area (Å²) in [4.78, 5) is 133. The highest BCUT2D eigenvalue weighted by atomic mass is 16.4. The van der Waals surface area contributed by atoms with E-state index < -0.39 is 139 Å². The molecule has 0 saturated carbocycles. The Morgan fingerprint density at radius 2 is 1.22 bits per heavy atom. The van der Waals surface area contributed by atoms with Crippen LogP contribution in [-0.2, 0) is 60.8 Å². The number of carboxylic acid groups (broad SMARTS) is 1. The van der Waals surface area contributed by atoms with E-state index in [9.17, 15) is 68.4 Å². The molecule has 0 spiro atoms. The zero-order chi connectivity index (χ0) is 50.8. The van der Waals surface area contributed by atoms with Crippen LogP contribution in [0.3, 0.4) is 0 Å². The Morgan fingerprint density at radius 3 is 1.78 bits per heavy atom. The number of hydrogen-bond donors (Lipinski definition) is 13. The maximum Gasteiger partial charge on any atom is 0.328 e. The zero-order valence-electron chi connectivity index (χ0n) is 37.9. The number of carbonyl (C=O) groups excluding carboxylic acids is 9. The second-order valence-electron chi connectivity index (χ2n) is 16.8. The quantitative estimate of drug-likeness (QED) is 0.0424. The molecule has 16 N–H and O–H groups in total. The summed E-state index contributed by atoms with van der Waals surface area (Å²) < 4.78 is 0. The van der Waals surface area contributed by atoms with Gasteiger partial charge in [-0.3, -0.25) is 43.2 Å². The van der Waals surface area contributed by atoms with E-state index >= 15 is 0 Å². The highest BCUT2D eigenvalue weighted by molar-refractivity contribution is 5.99. The number of amides is 9. The third-order valence-corrected chi connectivity index (χ3v) is 10.9. The van der Waals surface area contributed by atoms with Crippen molar-refractivity contribution in [1.29, 1.82) is 0 Å². The largest absolute Gasteiger partial charge is 0.508 e. The van der Waals surface area contributed by atoms with Gasteiger partial charge >= 0.3 is 5.97 Å². The van der Waals surface area contributed by atoms with Crippen LogP contribution in [0.1, 0.15) is 64.0 Å². The first-order valence-corrected chi connectivity index (χ1v) is 21.8. The molecule has 68 heavy (non-hydrogen) atoms. The minimum absolute atomic E-state index is 0.0288. The van der Waals surface area contributed by atoms with Crippen molar-refractivity contribution in [1.82, 2.24) is 36.8 Å². The number of nitrogens with zero attached hydrogens (tertiary/aromatic N) is 1. The molecular weight excluding hydrogens is 893 g/mol. The fourth-order valence-electron chi connectivity index (χ4n) is 7.19. The lowest BCUT2D eigenvalue weighted by molar-refractivity contribution is -0.145. The highest BCUT2D eigenvalue weighted by Crippen LogP contribution is 2.21. The maximum absolute atomic E-state index is 14.6. The number of phenolic OH excluding ortho intramolecular Hbond substituents is 1. The number of rotatable bonds is 26. The van der Waals surface area contributed by atoms with E-state index in [0.717, 1.165) is 11.8 Å². The van der Waals surface area contributed by atoms with Gasteiger partial charge in [-0.15, -0.1) is 0 Å². The van der Waals surface area contributed by atoms with Gasteiger partial charge < -0.3 is 74.4 Å². The third-order valence-electron chi connectivity index (χ3n) is 10.9. The molecule has 0 aromatic heterocycles. The Bertz CT molecular complexity index is 2120. The highest BCUT2D eigenvalue weighted by Gasteiger charge is 2.41. The van der Waals surface area contributed by atoms with Crippen molar-refractivity contribution < 1.29 is 68.4 Å². The van der Waals surface area contributed by atoms with Gasteiger partial charge in [-0.05, 0) is 55.4 Å². The van der Waals surface area contributed by atoms with Crippen molar-refractivity contribution >= 4 is 59.1 Å². The lowest BCUT2D eigenvalue weighted by Crippen LogP contribution is -2.61. The first kappa shape index (κ1) is 55.1. The number of carboxylic acids is 1. The van der Waals surface area contributed by atoms with E-state index in [2.05, 4.69) is 31.9 Å². The van der Waals surface area contributed by atoms with Gasteiger partial charge in [0.2, 0.25) is 53.2 Å². The van der Waals surface area contributed by atoms with Crippen LogP contribution in [0.25, 0.3) is 0 Å². The second kappa shape index (κ2) is 26.2. The predicted molar refractivity (Wildman–Crippen MR) is 240 cm³/mol. The molecule has 9 amide bonds. The minimum atomic E-state index is -1.72. The van der Waals surface area contributed by atoms with Crippen molar-refractivity contribution in [2.45, 2.75) is 120 Å². The molecule has 2 aromatic carbocycles. The van der Waals surface area contributed by atoms with Crippen LogP contribution in [0, 0.1) is 5.92 Å². The summed E-state index contributed by atoms with van der Waals surface area (Å²) in [6.45, 7) is 3.45. The van der Waals surface area contributed by atoms with Crippen molar-refractivity contribution in [3.63, 3.8) is 0 Å². The summed E-state index contributed by atoms with van der Waals surface area (Å²) >= 11 is 0. The van der Waals surface area contributed by atoms with E-state index in [4.69, 9.17) is 17.2 Å². The van der Waals surface area contributed by atoms with E-state index in [1.807, 2.05) is 0 Å². The van der Waals surface area contributed by atoms with E-state index in [-0.39, 0.29) is 44.4 Å². The predicted octanol–water partition coefficient (Wildman–Crippen LogP) is -4.34. The average molecular weight is 955 g/mol. The fourth-order valence-corrected chi connectivity index (χ4v) is 7.19. The number of aliphatic carboxylic acids is 1. The molecule has 0 radical (unpaired) electrons. The van der Waals surface area contributed by atoms with Crippen LogP contribution in [0.2, 0.25) is 0 Å². The topological polar surface area (TPSA) is 405 Å². The number of aromatic hydroxyl groups is 1. The van der Waals surface area contributed by atoms with E-state index in [1.165, 1.54) is 24.3 Å². The molecule has 0 bridgehead atoms. The van der Waals surface area contributed by atoms with Gasteiger partial charge in [-0.2, -0.15) is 0 Å². The van der Waals surface area contributed by atoms with Crippen LogP contribution in [0.4, 0.5) is 0 Å². The molecule has 1 aliphatic rings. The lowest BCUT2D eigenvalue weighted by Gasteiger charge is -2.31. The Hall–Kier alpha value is -7.18. The van der Waals surface area contributed by atoms with E-state index in [1.54, 1.807) is 44.2 Å². The Labute approximate surface area is 391 Å². The van der Waals surface area contributed by atoms with Gasteiger partial charge in [0.1, 0.15) is 48.0 Å². The number of nitrogens with one attached hydrogen (secondary N) is 6. The number of aliphatic hydroxyl groups excluding tert-OH is 2. The number of likely N-dealkylation sites (tertiary alicyclic amines) is 1. The smallest absolute Gasteiger partial charge is 0.328 e. The van der Waals surface area contributed by atoms with Crippen molar-refractivity contribution in [2.24, 2.45) is 23.1 Å². The molecule has 1 heterocycles. The standard InChI is InChI=1S/C44H62N10O14/c1-22(2)35(42(65)53-36(23(3)56)44(67)68)52-38(61)28(15-16-33(46)58)48-41(64)32-10-7-17-54(32)43(66)31(19-25-11-13-26(57)14-12-25)51-40(63)30(20-34(47)59)50-39(62)29(49-37(60)27(45)21-55)18-24-8-5-4-6-9-24/h4-6,8-9,11-14,22-23,27-32,35-36,55-57H,7,10,15-21,45H2,1-3H3,(H2,46,58)(H2,47,59)(H,48,64)(H,49,60)(H,50,62)(H,51,63)(H,52,61)(H,53,65)(H,67,68)/t23-,27+,28+,29+,30+,31+,32+,35+,36+/m1/s1. The van der Waals surface area contributed by atoms with Gasteiger partial charge in [-0.1, -0.05) is 56.3 Å². The number of benzene rings is 2. The SMILES string of the molecule is CC(C)[C@H](NC(=O)[C@H](CCC(N)=O)NC(=O)[C@@H]1CCCN1C(=O)[C@H](Cc1ccc(O)cc1)NC(=O)[C@H](CC(N)=O)NC(=O)[C@H](Cc1ccccc1)NC(=O)[C@@H](N)CO)C(=O)N[C@H](C(=O)O)[C@@H](C)O. The Balaban J connectivity index is 1.92. The van der Waals surface area contributed by atoms with Gasteiger partial charge in [0, 0.05) is 25.8 Å². The van der Waals surface area contributed by atoms with Crippen molar-refractivity contribution in [2.75, 3.05) is 13.2 Å². The monoisotopic (exact) mass is 954 g/mol. The van der Waals surface area contributed by atoms with Gasteiger partial charge in [0.15, 0.2) is 6.04 Å². The van der Waals surface area contributed by atoms with Crippen LogP contribution < -0.4 is 49.1 Å². The zero-order valence-corrected chi connectivity index (χ0v) is 37.9. The maximum atomic E-state index is 14.6. The van der Waals surface area contributed by atoms with Crippen molar-refractivity contribution in [3.05, 3.63) is 65.7 Å². The molecule has 1 fully saturated rings. The molecule has 372 valence electrons.